The Hall–Kier alpha value is -0.530. The minimum absolute atomic E-state index is 0.406. The molecule has 0 saturated heterocycles. The van der Waals surface area contributed by atoms with Gasteiger partial charge in [-0.15, -0.1) is 0 Å². The number of ether oxygens (including phenoxy) is 1. The lowest BCUT2D eigenvalue weighted by atomic mass is 10.5. The number of rotatable bonds is 3. The molecule has 6 heavy (non-hydrogen) atoms. The minimum Gasteiger partial charge on any atom is -0.461 e. The first-order valence-corrected chi connectivity index (χ1v) is 1.82. The number of carbonyl (C=O) groups is 1. The van der Waals surface area contributed by atoms with E-state index in [9.17, 15) is 4.79 Å². The van der Waals surface area contributed by atoms with Crippen molar-refractivity contribution in [3.63, 3.8) is 0 Å². The van der Waals surface area contributed by atoms with Gasteiger partial charge in [0.2, 0.25) is 0 Å². The van der Waals surface area contributed by atoms with Crippen LogP contribution in [0.25, 0.3) is 0 Å². The molecule has 2 heteroatoms. The molecule has 0 atom stereocenters. The summed E-state index contributed by atoms with van der Waals surface area (Å²) in [7, 11) is 0. The van der Waals surface area contributed by atoms with Crippen LogP contribution in [0.15, 0.2) is 0 Å². The van der Waals surface area contributed by atoms with Crippen LogP contribution in [0.5, 0.6) is 0 Å². The van der Waals surface area contributed by atoms with Crippen LogP contribution >= 0.6 is 0 Å². The molecule has 0 N–H and O–H groups in total. The van der Waals surface area contributed by atoms with Crippen molar-refractivity contribution < 1.29 is 9.53 Å². The number of carbonyl (C=O) groups excluding carboxylic acids is 1. The van der Waals surface area contributed by atoms with E-state index in [2.05, 4.69) is 4.74 Å². The van der Waals surface area contributed by atoms with Crippen LogP contribution in [0.4, 0.5) is 0 Å². The first-order chi connectivity index (χ1) is 2.91. The molecule has 0 rings (SSSR count). The Morgan fingerprint density at radius 1 is 1.83 bits per heavy atom. The van der Waals surface area contributed by atoms with E-state index < -0.39 is 0 Å². The van der Waals surface area contributed by atoms with Crippen LogP contribution < -0.4 is 0 Å². The summed E-state index contributed by atoms with van der Waals surface area (Å²) in [5.74, 6) is 0. The lowest BCUT2D eigenvalue weighted by molar-refractivity contribution is -0.125. The Kier molecular flexibility index (Phi) is 4.08. The van der Waals surface area contributed by atoms with Crippen molar-refractivity contribution in [1.82, 2.24) is 0 Å². The largest absolute Gasteiger partial charge is 0.461 e. The van der Waals surface area contributed by atoms with E-state index in [1.807, 2.05) is 6.92 Å². The number of hydrogen-bond donors (Lipinski definition) is 0. The lowest BCUT2D eigenvalue weighted by Gasteiger charge is -1.84. The molecule has 35 valence electrons. The van der Waals surface area contributed by atoms with Gasteiger partial charge in [-0.25, -0.2) is 0 Å². The quantitative estimate of drug-likeness (QED) is 0.374. The third-order valence-electron chi connectivity index (χ3n) is 0.318. The van der Waals surface area contributed by atoms with Crippen LogP contribution in [0.1, 0.15) is 13.3 Å². The van der Waals surface area contributed by atoms with Crippen LogP contribution in [0, 0.1) is 6.61 Å². The molecule has 1 radical (unpaired) electrons. The Morgan fingerprint density at radius 2 is 2.50 bits per heavy atom. The van der Waals surface area contributed by atoms with E-state index >= 15 is 0 Å². The lowest BCUT2D eigenvalue weighted by Crippen LogP contribution is -1.78. The first-order valence-electron chi connectivity index (χ1n) is 1.82. The van der Waals surface area contributed by atoms with Crippen LogP contribution in [-0.2, 0) is 9.53 Å². The molecule has 0 spiro atoms. The highest BCUT2D eigenvalue weighted by atomic mass is 16.5. The zero-order valence-corrected chi connectivity index (χ0v) is 3.68. The van der Waals surface area contributed by atoms with Crippen molar-refractivity contribution in [3.8, 4) is 0 Å². The number of hydrogen-bond acceptors (Lipinski definition) is 2. The van der Waals surface area contributed by atoms with Gasteiger partial charge >= 0.3 is 0 Å². The normalized spacial score (nSPS) is 7.50. The highest BCUT2D eigenvalue weighted by molar-refractivity contribution is 5.37. The molecule has 0 aliphatic carbocycles. The molecule has 0 saturated carbocycles. The van der Waals surface area contributed by atoms with E-state index in [-0.39, 0.29) is 0 Å². The van der Waals surface area contributed by atoms with Crippen LogP contribution in [0.2, 0.25) is 0 Å². The van der Waals surface area contributed by atoms with Gasteiger partial charge in [0.25, 0.3) is 6.47 Å². The fraction of sp³-hybridized carbons (Fsp3) is 0.500. The molecule has 0 fully saturated rings. The zero-order chi connectivity index (χ0) is 4.83. The summed E-state index contributed by atoms with van der Waals surface area (Å²) < 4.78 is 4.18. The van der Waals surface area contributed by atoms with Crippen molar-refractivity contribution in [2.75, 3.05) is 0 Å². The van der Waals surface area contributed by atoms with Crippen molar-refractivity contribution in [3.05, 3.63) is 6.61 Å². The molecule has 0 unspecified atom stereocenters. The maximum atomic E-state index is 9.31. The van der Waals surface area contributed by atoms with Crippen molar-refractivity contribution in [2.45, 2.75) is 13.3 Å². The summed E-state index contributed by atoms with van der Waals surface area (Å²) in [4.78, 5) is 9.31. The summed E-state index contributed by atoms with van der Waals surface area (Å²) in [6.07, 6.45) is 0.777. The average Bonchev–Trinajstić information content (AvgIpc) is 1.61. The second kappa shape index (κ2) is 4.47. The topological polar surface area (TPSA) is 26.3 Å². The highest BCUT2D eigenvalue weighted by Crippen LogP contribution is 1.80. The molecule has 0 aromatic heterocycles. The van der Waals surface area contributed by atoms with Crippen LogP contribution in [0.3, 0.4) is 0 Å². The van der Waals surface area contributed by atoms with E-state index in [4.69, 9.17) is 0 Å². The molecule has 0 aromatic carbocycles. The van der Waals surface area contributed by atoms with Crippen molar-refractivity contribution >= 4 is 6.47 Å². The molecule has 0 bridgehead atoms. The highest BCUT2D eigenvalue weighted by Gasteiger charge is 1.73. The van der Waals surface area contributed by atoms with Crippen molar-refractivity contribution in [1.29, 1.82) is 0 Å². The van der Waals surface area contributed by atoms with Gasteiger partial charge in [-0.05, 0) is 6.42 Å². The van der Waals surface area contributed by atoms with E-state index in [0.29, 0.717) is 6.47 Å². The third kappa shape index (κ3) is 3.47. The Morgan fingerprint density at radius 3 is 2.67 bits per heavy atom. The summed E-state index contributed by atoms with van der Waals surface area (Å²) >= 11 is 0. The molecule has 0 amide bonds. The molecule has 0 heterocycles. The Balaban J connectivity index is 2.49. The monoisotopic (exact) mass is 87.0 g/mol. The SMILES string of the molecule is CC[CH]OC=O. The maximum Gasteiger partial charge on any atom is 0.293 e. The molecule has 0 aromatic rings. The molecule has 2 nitrogen and oxygen atoms in total. The molecular formula is C4H7O2. The van der Waals surface area contributed by atoms with E-state index in [1.54, 1.807) is 0 Å². The van der Waals surface area contributed by atoms with Gasteiger partial charge in [0.1, 0.15) is 6.61 Å². The predicted octanol–water partition coefficient (Wildman–Crippen LogP) is 0.731. The standard InChI is InChI=1S/C4H7O2/c1-2-3-6-4-5/h3-4H,2H2,1H3. The van der Waals surface area contributed by atoms with Gasteiger partial charge in [-0.3, -0.25) is 4.79 Å². The van der Waals surface area contributed by atoms with Gasteiger partial charge < -0.3 is 4.74 Å². The van der Waals surface area contributed by atoms with E-state index in [1.165, 1.54) is 6.61 Å². The third-order valence-corrected chi connectivity index (χ3v) is 0.318. The smallest absolute Gasteiger partial charge is 0.293 e. The fourth-order valence-corrected chi connectivity index (χ4v) is 0.136. The summed E-state index contributed by atoms with van der Waals surface area (Å²) in [6.45, 7) is 3.74. The maximum absolute atomic E-state index is 9.31. The molecular weight excluding hydrogens is 80.0 g/mol. The summed E-state index contributed by atoms with van der Waals surface area (Å²) in [6, 6.07) is 0. The average molecular weight is 87.1 g/mol. The Labute approximate surface area is 37.1 Å². The van der Waals surface area contributed by atoms with Gasteiger partial charge in [0.15, 0.2) is 0 Å². The second-order valence-corrected chi connectivity index (χ2v) is 0.807. The zero-order valence-electron chi connectivity index (χ0n) is 3.68. The minimum atomic E-state index is 0.406. The van der Waals surface area contributed by atoms with Gasteiger partial charge in [-0.2, -0.15) is 0 Å². The molecule has 0 aliphatic rings. The Bertz CT molecular complexity index is 34.5. The van der Waals surface area contributed by atoms with E-state index in [0.717, 1.165) is 6.42 Å². The summed E-state index contributed by atoms with van der Waals surface area (Å²) in [5, 5.41) is 0. The van der Waals surface area contributed by atoms with Gasteiger partial charge in [0.05, 0.1) is 0 Å². The molecule has 0 aliphatic heterocycles. The van der Waals surface area contributed by atoms with Gasteiger partial charge in [0, 0.05) is 0 Å². The first kappa shape index (κ1) is 5.47. The predicted molar refractivity (Wildman–Crippen MR) is 21.7 cm³/mol. The summed E-state index contributed by atoms with van der Waals surface area (Å²) in [5.41, 5.74) is 0. The van der Waals surface area contributed by atoms with Crippen LogP contribution in [-0.4, -0.2) is 6.47 Å². The second-order valence-electron chi connectivity index (χ2n) is 0.807. The van der Waals surface area contributed by atoms with Gasteiger partial charge in [-0.1, -0.05) is 6.92 Å². The van der Waals surface area contributed by atoms with Crippen molar-refractivity contribution in [2.24, 2.45) is 0 Å². The fourth-order valence-electron chi connectivity index (χ4n) is 0.136.